The summed E-state index contributed by atoms with van der Waals surface area (Å²) in [6.45, 7) is 2.02. The molecule has 5 heteroatoms. The number of thioether (sulfide) groups is 1. The third-order valence-corrected chi connectivity index (χ3v) is 5.26. The first-order valence-electron chi connectivity index (χ1n) is 9.01. The summed E-state index contributed by atoms with van der Waals surface area (Å²) < 4.78 is 0. The Morgan fingerprint density at radius 2 is 1.32 bits per heavy atom. The molecule has 3 rings (SSSR count). The SMILES string of the molecule is Cc1ccc(SCC(=O)NNC(=O)C(c2ccccc2)c2ccccc2)cc1. The lowest BCUT2D eigenvalue weighted by Gasteiger charge is -2.18. The van der Waals surface area contributed by atoms with Gasteiger partial charge in [-0.3, -0.25) is 20.4 Å². The number of aryl methyl sites for hydroxylation is 1. The molecule has 3 aromatic rings. The second kappa shape index (κ2) is 9.76. The Kier molecular flexibility index (Phi) is 6.87. The third kappa shape index (κ3) is 5.47. The van der Waals surface area contributed by atoms with Crippen LogP contribution in [0.5, 0.6) is 0 Å². The maximum absolute atomic E-state index is 12.8. The number of benzene rings is 3. The molecule has 0 atom stereocenters. The maximum atomic E-state index is 12.8. The van der Waals surface area contributed by atoms with Gasteiger partial charge in [-0.1, -0.05) is 78.4 Å². The number of amides is 2. The number of hydrogen-bond acceptors (Lipinski definition) is 3. The number of hydrazine groups is 1. The Balaban J connectivity index is 1.60. The Hall–Kier alpha value is -3.05. The molecule has 0 spiro atoms. The first-order chi connectivity index (χ1) is 13.6. The van der Waals surface area contributed by atoms with Crippen LogP contribution < -0.4 is 10.9 Å². The van der Waals surface area contributed by atoms with E-state index in [2.05, 4.69) is 10.9 Å². The molecule has 142 valence electrons. The Labute approximate surface area is 169 Å². The van der Waals surface area contributed by atoms with E-state index in [-0.39, 0.29) is 17.6 Å². The molecule has 0 aliphatic heterocycles. The van der Waals surface area contributed by atoms with Crippen LogP contribution in [0.15, 0.2) is 89.8 Å². The number of nitrogens with one attached hydrogen (secondary N) is 2. The molecule has 0 bridgehead atoms. The zero-order chi connectivity index (χ0) is 19.8. The van der Waals surface area contributed by atoms with Gasteiger partial charge in [0, 0.05) is 4.90 Å². The largest absolute Gasteiger partial charge is 0.272 e. The van der Waals surface area contributed by atoms with Crippen LogP contribution in [0, 0.1) is 6.92 Å². The van der Waals surface area contributed by atoms with Crippen LogP contribution in [0.1, 0.15) is 22.6 Å². The van der Waals surface area contributed by atoms with Gasteiger partial charge in [0.15, 0.2) is 0 Å². The lowest BCUT2D eigenvalue weighted by molar-refractivity contribution is -0.128. The van der Waals surface area contributed by atoms with Gasteiger partial charge in [-0.25, -0.2) is 0 Å². The van der Waals surface area contributed by atoms with Gasteiger partial charge < -0.3 is 0 Å². The predicted molar refractivity (Wildman–Crippen MR) is 113 cm³/mol. The van der Waals surface area contributed by atoms with Crippen LogP contribution in [0.4, 0.5) is 0 Å². The van der Waals surface area contributed by atoms with Gasteiger partial charge in [0.1, 0.15) is 0 Å². The molecule has 0 unspecified atom stereocenters. The number of carbonyl (C=O) groups excluding carboxylic acids is 2. The highest BCUT2D eigenvalue weighted by Crippen LogP contribution is 2.24. The van der Waals surface area contributed by atoms with Gasteiger partial charge in [0.25, 0.3) is 0 Å². The Morgan fingerprint density at radius 1 is 0.786 bits per heavy atom. The molecule has 0 fully saturated rings. The average molecular weight is 391 g/mol. The molecule has 4 nitrogen and oxygen atoms in total. The highest BCUT2D eigenvalue weighted by molar-refractivity contribution is 8.00. The molecule has 2 amide bonds. The van der Waals surface area contributed by atoms with Gasteiger partial charge in [0.05, 0.1) is 11.7 Å². The Morgan fingerprint density at radius 3 is 1.86 bits per heavy atom. The fraction of sp³-hybridized carbons (Fsp3) is 0.130. The van der Waals surface area contributed by atoms with Gasteiger partial charge in [0.2, 0.25) is 11.8 Å². The highest BCUT2D eigenvalue weighted by Gasteiger charge is 2.22. The summed E-state index contributed by atoms with van der Waals surface area (Å²) in [5.74, 6) is -0.789. The van der Waals surface area contributed by atoms with Crippen LogP contribution in [-0.2, 0) is 9.59 Å². The molecule has 0 saturated heterocycles. The Bertz CT molecular complexity index is 873. The minimum atomic E-state index is -0.493. The molecule has 0 aliphatic carbocycles. The van der Waals surface area contributed by atoms with Crippen molar-refractivity contribution in [1.29, 1.82) is 0 Å². The van der Waals surface area contributed by atoms with E-state index >= 15 is 0 Å². The molecule has 0 saturated carbocycles. The van der Waals surface area contributed by atoms with Crippen molar-refractivity contribution in [2.75, 3.05) is 5.75 Å². The summed E-state index contributed by atoms with van der Waals surface area (Å²) in [5.41, 5.74) is 8.01. The summed E-state index contributed by atoms with van der Waals surface area (Å²) in [4.78, 5) is 26.0. The second-order valence-corrected chi connectivity index (χ2v) is 7.44. The number of carbonyl (C=O) groups is 2. The summed E-state index contributed by atoms with van der Waals surface area (Å²) in [6.07, 6.45) is 0. The zero-order valence-electron chi connectivity index (χ0n) is 15.6. The van der Waals surface area contributed by atoms with E-state index in [0.29, 0.717) is 0 Å². The predicted octanol–water partition coefficient (Wildman–Crippen LogP) is 4.07. The van der Waals surface area contributed by atoms with E-state index in [9.17, 15) is 9.59 Å². The summed E-state index contributed by atoms with van der Waals surface area (Å²) in [6, 6.07) is 27.0. The molecule has 0 aromatic heterocycles. The molecule has 3 aromatic carbocycles. The number of rotatable bonds is 6. The second-order valence-electron chi connectivity index (χ2n) is 6.39. The quantitative estimate of drug-likeness (QED) is 0.493. The van der Waals surface area contributed by atoms with Crippen LogP contribution in [0.25, 0.3) is 0 Å². The van der Waals surface area contributed by atoms with Crippen molar-refractivity contribution in [3.8, 4) is 0 Å². The molecular formula is C23H22N2O2S. The van der Waals surface area contributed by atoms with Crippen molar-refractivity contribution in [1.82, 2.24) is 10.9 Å². The molecule has 2 N–H and O–H groups in total. The fourth-order valence-corrected chi connectivity index (χ4v) is 3.51. The number of hydrogen-bond donors (Lipinski definition) is 2. The highest BCUT2D eigenvalue weighted by atomic mass is 32.2. The summed E-state index contributed by atoms with van der Waals surface area (Å²) in [7, 11) is 0. The van der Waals surface area contributed by atoms with E-state index in [1.54, 1.807) is 0 Å². The van der Waals surface area contributed by atoms with E-state index in [4.69, 9.17) is 0 Å². The van der Waals surface area contributed by atoms with E-state index < -0.39 is 5.92 Å². The first kappa shape index (κ1) is 19.7. The van der Waals surface area contributed by atoms with Crippen molar-refractivity contribution in [3.05, 3.63) is 102 Å². The van der Waals surface area contributed by atoms with Crippen LogP contribution in [-0.4, -0.2) is 17.6 Å². The fourth-order valence-electron chi connectivity index (χ4n) is 2.81. The molecule has 0 aliphatic rings. The maximum Gasteiger partial charge on any atom is 0.250 e. The molecule has 0 heterocycles. The minimum Gasteiger partial charge on any atom is -0.272 e. The van der Waals surface area contributed by atoms with Crippen LogP contribution >= 0.6 is 11.8 Å². The summed E-state index contributed by atoms with van der Waals surface area (Å²) >= 11 is 1.43. The summed E-state index contributed by atoms with van der Waals surface area (Å²) in [5, 5.41) is 0. The average Bonchev–Trinajstić information content (AvgIpc) is 2.73. The third-order valence-electron chi connectivity index (χ3n) is 4.24. The van der Waals surface area contributed by atoms with E-state index in [0.717, 1.165) is 16.0 Å². The molecule has 28 heavy (non-hydrogen) atoms. The van der Waals surface area contributed by atoms with Crippen molar-refractivity contribution in [2.45, 2.75) is 17.7 Å². The van der Waals surface area contributed by atoms with Crippen LogP contribution in [0.2, 0.25) is 0 Å². The van der Waals surface area contributed by atoms with Crippen molar-refractivity contribution >= 4 is 23.6 Å². The van der Waals surface area contributed by atoms with Gasteiger partial charge in [-0.05, 0) is 30.2 Å². The zero-order valence-corrected chi connectivity index (χ0v) is 16.4. The van der Waals surface area contributed by atoms with Crippen molar-refractivity contribution in [2.24, 2.45) is 0 Å². The standard InChI is InChI=1S/C23H22N2O2S/c1-17-12-14-20(15-13-17)28-16-21(26)24-25-23(27)22(18-8-4-2-5-9-18)19-10-6-3-7-11-19/h2-15,22H,16H2,1H3,(H,24,26)(H,25,27). The minimum absolute atomic E-state index is 0.227. The van der Waals surface area contributed by atoms with E-state index in [1.807, 2.05) is 91.9 Å². The van der Waals surface area contributed by atoms with E-state index in [1.165, 1.54) is 17.3 Å². The topological polar surface area (TPSA) is 58.2 Å². The smallest absolute Gasteiger partial charge is 0.250 e. The van der Waals surface area contributed by atoms with Crippen molar-refractivity contribution < 1.29 is 9.59 Å². The van der Waals surface area contributed by atoms with Crippen molar-refractivity contribution in [3.63, 3.8) is 0 Å². The lowest BCUT2D eigenvalue weighted by atomic mass is 9.91. The monoisotopic (exact) mass is 390 g/mol. The van der Waals surface area contributed by atoms with Gasteiger partial charge in [-0.2, -0.15) is 0 Å². The normalized spacial score (nSPS) is 10.5. The van der Waals surface area contributed by atoms with Gasteiger partial charge >= 0.3 is 0 Å². The lowest BCUT2D eigenvalue weighted by Crippen LogP contribution is -2.44. The van der Waals surface area contributed by atoms with Gasteiger partial charge in [-0.15, -0.1) is 11.8 Å². The molecular weight excluding hydrogens is 368 g/mol. The first-order valence-corrected chi connectivity index (χ1v) is 10.00. The van der Waals surface area contributed by atoms with Crippen LogP contribution in [0.3, 0.4) is 0 Å². The molecule has 0 radical (unpaired) electrons.